The minimum absolute atomic E-state index is 0.0324. The fourth-order valence-electron chi connectivity index (χ4n) is 3.44. The lowest BCUT2D eigenvalue weighted by Crippen LogP contribution is -2.28. The highest BCUT2D eigenvalue weighted by molar-refractivity contribution is 5.86. The smallest absolute Gasteiger partial charge is 0.269 e. The number of rotatable bonds is 8. The predicted octanol–water partition coefficient (Wildman–Crippen LogP) is 3.37. The van der Waals surface area contributed by atoms with Crippen molar-refractivity contribution in [2.45, 2.75) is 12.3 Å². The molecule has 0 saturated heterocycles. The third-order valence-corrected chi connectivity index (χ3v) is 4.83. The van der Waals surface area contributed by atoms with Gasteiger partial charge in [-0.25, -0.2) is 0 Å². The van der Waals surface area contributed by atoms with Crippen LogP contribution in [0.25, 0.3) is 10.9 Å². The number of amides is 1. The summed E-state index contributed by atoms with van der Waals surface area (Å²) in [5.41, 5.74) is 2.99. The van der Waals surface area contributed by atoms with Gasteiger partial charge in [0.2, 0.25) is 5.91 Å². The first-order valence-corrected chi connectivity index (χ1v) is 9.05. The topological polar surface area (TPSA) is 86.4 Å². The number of benzene rings is 2. The van der Waals surface area contributed by atoms with E-state index in [9.17, 15) is 14.9 Å². The van der Waals surface area contributed by atoms with Gasteiger partial charge in [-0.2, -0.15) is 0 Å². The number of nitrogens with one attached hydrogen (secondary N) is 1. The third kappa shape index (κ3) is 4.20. The molecule has 1 amide bonds. The Bertz CT molecular complexity index is 979. The molecular formula is C21H23N3O4. The summed E-state index contributed by atoms with van der Waals surface area (Å²) in [6.45, 7) is 0.889. The first kappa shape index (κ1) is 19.6. The van der Waals surface area contributed by atoms with Crippen molar-refractivity contribution in [1.29, 1.82) is 0 Å². The Labute approximate surface area is 163 Å². The molecule has 3 rings (SSSR count). The standard InChI is InChI=1S/C21H23N3O4/c1-23-14-19(17-5-3-4-6-20(17)23)18(13-21(25)22-11-12-28-2)15-7-9-16(10-8-15)24(26)27/h3-10,14,18H,11-13H2,1-2H3,(H,22,25)/t18-/m0/s1. The molecule has 146 valence electrons. The zero-order valence-corrected chi connectivity index (χ0v) is 15.9. The van der Waals surface area contributed by atoms with Crippen molar-refractivity contribution < 1.29 is 14.5 Å². The number of fused-ring (bicyclic) bond motifs is 1. The fraction of sp³-hybridized carbons (Fsp3) is 0.286. The number of nitrogens with zero attached hydrogens (tertiary/aromatic N) is 2. The summed E-state index contributed by atoms with van der Waals surface area (Å²) in [6, 6.07) is 14.4. The normalized spacial score (nSPS) is 12.1. The summed E-state index contributed by atoms with van der Waals surface area (Å²) in [5, 5.41) is 14.9. The summed E-state index contributed by atoms with van der Waals surface area (Å²) in [7, 11) is 3.55. The molecule has 0 radical (unpaired) electrons. The number of hydrogen-bond acceptors (Lipinski definition) is 4. The van der Waals surface area contributed by atoms with Crippen molar-refractivity contribution in [3.05, 3.63) is 76.0 Å². The lowest BCUT2D eigenvalue weighted by Gasteiger charge is -2.17. The summed E-state index contributed by atoms with van der Waals surface area (Å²) in [5.74, 6) is -0.303. The number of aryl methyl sites for hydroxylation is 1. The second kappa shape index (κ2) is 8.67. The van der Waals surface area contributed by atoms with E-state index >= 15 is 0 Å². The Morgan fingerprint density at radius 2 is 1.93 bits per heavy atom. The van der Waals surface area contributed by atoms with Crippen LogP contribution in [0.5, 0.6) is 0 Å². The molecule has 0 bridgehead atoms. The number of aromatic nitrogens is 1. The van der Waals surface area contributed by atoms with Gasteiger partial charge in [0.25, 0.3) is 5.69 Å². The number of carbonyl (C=O) groups is 1. The number of methoxy groups -OCH3 is 1. The maximum Gasteiger partial charge on any atom is 0.269 e. The molecule has 0 saturated carbocycles. The molecule has 0 fully saturated rings. The molecule has 28 heavy (non-hydrogen) atoms. The molecule has 3 aromatic rings. The molecule has 7 heteroatoms. The lowest BCUT2D eigenvalue weighted by molar-refractivity contribution is -0.384. The van der Waals surface area contributed by atoms with E-state index in [1.807, 2.05) is 42.1 Å². The van der Waals surface area contributed by atoms with Gasteiger partial charge in [0.15, 0.2) is 0 Å². The SMILES string of the molecule is COCCNC(=O)C[C@@H](c1ccc([N+](=O)[O-])cc1)c1cn(C)c2ccccc12. The zero-order valence-electron chi connectivity index (χ0n) is 15.9. The van der Waals surface area contributed by atoms with E-state index in [1.54, 1.807) is 19.2 Å². The number of nitro benzene ring substituents is 1. The van der Waals surface area contributed by atoms with E-state index in [1.165, 1.54) is 12.1 Å². The van der Waals surface area contributed by atoms with Crippen molar-refractivity contribution in [3.63, 3.8) is 0 Å². The lowest BCUT2D eigenvalue weighted by atomic mass is 9.88. The first-order valence-electron chi connectivity index (χ1n) is 9.05. The van der Waals surface area contributed by atoms with Gasteiger partial charge in [-0.05, 0) is 17.2 Å². The van der Waals surface area contributed by atoms with Gasteiger partial charge >= 0.3 is 0 Å². The number of non-ortho nitro benzene ring substituents is 1. The van der Waals surface area contributed by atoms with Crippen molar-refractivity contribution in [1.82, 2.24) is 9.88 Å². The van der Waals surface area contributed by atoms with Crippen LogP contribution in [0.2, 0.25) is 0 Å². The van der Waals surface area contributed by atoms with E-state index in [2.05, 4.69) is 5.32 Å². The van der Waals surface area contributed by atoms with Gasteiger partial charge in [0.05, 0.1) is 11.5 Å². The summed E-state index contributed by atoms with van der Waals surface area (Å²) < 4.78 is 7.01. The maximum atomic E-state index is 12.5. The van der Waals surface area contributed by atoms with Crippen molar-refractivity contribution >= 4 is 22.5 Å². The van der Waals surface area contributed by atoms with Crippen LogP contribution in [0.4, 0.5) is 5.69 Å². The highest BCUT2D eigenvalue weighted by atomic mass is 16.6. The van der Waals surface area contributed by atoms with E-state index in [4.69, 9.17) is 4.74 Å². The average molecular weight is 381 g/mol. The van der Waals surface area contributed by atoms with Crippen LogP contribution < -0.4 is 5.32 Å². The van der Waals surface area contributed by atoms with Gasteiger partial charge < -0.3 is 14.6 Å². The molecule has 1 heterocycles. The Balaban J connectivity index is 1.98. The van der Waals surface area contributed by atoms with Gasteiger partial charge in [-0.15, -0.1) is 0 Å². The average Bonchev–Trinajstić information content (AvgIpc) is 3.03. The van der Waals surface area contributed by atoms with Crippen LogP contribution in [0.1, 0.15) is 23.5 Å². The van der Waals surface area contributed by atoms with Crippen LogP contribution >= 0.6 is 0 Å². The van der Waals surface area contributed by atoms with E-state index < -0.39 is 4.92 Å². The van der Waals surface area contributed by atoms with Gasteiger partial charge in [0.1, 0.15) is 0 Å². The van der Waals surface area contributed by atoms with Crippen LogP contribution in [-0.2, 0) is 16.6 Å². The number of nitro groups is 1. The Hall–Kier alpha value is -3.19. The molecular weight excluding hydrogens is 358 g/mol. The van der Waals surface area contributed by atoms with E-state index in [0.29, 0.717) is 13.2 Å². The monoisotopic (exact) mass is 381 g/mol. The highest BCUT2D eigenvalue weighted by Gasteiger charge is 2.23. The summed E-state index contributed by atoms with van der Waals surface area (Å²) >= 11 is 0. The van der Waals surface area contributed by atoms with Crippen molar-refractivity contribution in [3.8, 4) is 0 Å². The molecule has 0 aliphatic heterocycles. The molecule has 0 unspecified atom stereocenters. The summed E-state index contributed by atoms with van der Waals surface area (Å²) in [4.78, 5) is 23.1. The Morgan fingerprint density at radius 3 is 2.61 bits per heavy atom. The zero-order chi connectivity index (χ0) is 20.1. The fourth-order valence-corrected chi connectivity index (χ4v) is 3.44. The van der Waals surface area contributed by atoms with Crippen LogP contribution in [0.15, 0.2) is 54.7 Å². The van der Waals surface area contributed by atoms with Gasteiger partial charge in [-0.3, -0.25) is 14.9 Å². The molecule has 1 aromatic heterocycles. The van der Waals surface area contributed by atoms with Gasteiger partial charge in [0, 0.05) is 62.3 Å². The third-order valence-electron chi connectivity index (χ3n) is 4.83. The number of para-hydroxylation sites is 1. The maximum absolute atomic E-state index is 12.5. The van der Waals surface area contributed by atoms with Gasteiger partial charge in [-0.1, -0.05) is 30.3 Å². The molecule has 0 spiro atoms. The molecule has 0 aliphatic carbocycles. The second-order valence-electron chi connectivity index (χ2n) is 6.66. The number of carbonyl (C=O) groups excluding carboxylic acids is 1. The quantitative estimate of drug-likeness (QED) is 0.368. The minimum Gasteiger partial charge on any atom is -0.383 e. The second-order valence-corrected chi connectivity index (χ2v) is 6.66. The van der Waals surface area contributed by atoms with E-state index in [-0.39, 0.29) is 23.9 Å². The first-order chi connectivity index (χ1) is 13.5. The summed E-state index contributed by atoms with van der Waals surface area (Å²) in [6.07, 6.45) is 2.27. The minimum atomic E-state index is -0.422. The largest absolute Gasteiger partial charge is 0.383 e. The molecule has 7 nitrogen and oxygen atoms in total. The van der Waals surface area contributed by atoms with Crippen molar-refractivity contribution in [2.75, 3.05) is 20.3 Å². The number of hydrogen-bond donors (Lipinski definition) is 1. The molecule has 2 aromatic carbocycles. The van der Waals surface area contributed by atoms with E-state index in [0.717, 1.165) is 22.0 Å². The van der Waals surface area contributed by atoms with Crippen molar-refractivity contribution in [2.24, 2.45) is 7.05 Å². The Morgan fingerprint density at radius 1 is 1.21 bits per heavy atom. The van der Waals surface area contributed by atoms with Crippen LogP contribution in [-0.4, -0.2) is 35.7 Å². The predicted molar refractivity (Wildman–Crippen MR) is 107 cm³/mol. The molecule has 1 N–H and O–H groups in total. The Kier molecular flexibility index (Phi) is 6.06. The highest BCUT2D eigenvalue weighted by Crippen LogP contribution is 2.35. The van der Waals surface area contributed by atoms with Crippen LogP contribution in [0, 0.1) is 10.1 Å². The molecule has 1 atom stereocenters. The number of ether oxygens (including phenoxy) is 1. The van der Waals surface area contributed by atoms with Crippen LogP contribution in [0.3, 0.4) is 0 Å². The molecule has 0 aliphatic rings.